The van der Waals surface area contributed by atoms with Crippen molar-refractivity contribution in [1.29, 1.82) is 0 Å². The molecule has 6 nitrogen and oxygen atoms in total. The van der Waals surface area contributed by atoms with Crippen LogP contribution in [0.3, 0.4) is 0 Å². The zero-order valence-electron chi connectivity index (χ0n) is 18.7. The van der Waals surface area contributed by atoms with Crippen molar-refractivity contribution in [2.45, 2.75) is 26.6 Å². The Morgan fingerprint density at radius 1 is 1.00 bits per heavy atom. The van der Waals surface area contributed by atoms with Crippen LogP contribution >= 0.6 is 11.6 Å². The fourth-order valence-electron chi connectivity index (χ4n) is 4.27. The van der Waals surface area contributed by atoms with Crippen LogP contribution in [0.25, 0.3) is 21.8 Å². The van der Waals surface area contributed by atoms with E-state index in [0.29, 0.717) is 23.6 Å². The van der Waals surface area contributed by atoms with Gasteiger partial charge in [0.2, 0.25) is 5.91 Å². The molecular formula is C27H23ClN4O2. The number of para-hydroxylation sites is 1. The number of halogens is 1. The summed E-state index contributed by atoms with van der Waals surface area (Å²) in [5.41, 5.74) is 4.38. The molecule has 0 atom stereocenters. The first-order valence-electron chi connectivity index (χ1n) is 11.0. The number of nitrogens with one attached hydrogen (secondary N) is 1. The average molecular weight is 471 g/mol. The largest absolute Gasteiger partial charge is 0.350 e. The molecule has 34 heavy (non-hydrogen) atoms. The Morgan fingerprint density at radius 3 is 2.62 bits per heavy atom. The minimum Gasteiger partial charge on any atom is -0.350 e. The number of aryl methyl sites for hydroxylation is 1. The highest BCUT2D eigenvalue weighted by atomic mass is 35.5. The van der Waals surface area contributed by atoms with Crippen LogP contribution in [0.1, 0.15) is 16.7 Å². The van der Waals surface area contributed by atoms with E-state index in [1.807, 2.05) is 53.1 Å². The lowest BCUT2D eigenvalue weighted by molar-refractivity contribution is -0.122. The first kappa shape index (κ1) is 21.9. The van der Waals surface area contributed by atoms with E-state index >= 15 is 0 Å². The number of aromatic nitrogens is 3. The molecule has 7 heteroatoms. The molecule has 0 bridgehead atoms. The van der Waals surface area contributed by atoms with Gasteiger partial charge in [-0.1, -0.05) is 66.2 Å². The summed E-state index contributed by atoms with van der Waals surface area (Å²) in [7, 11) is 0. The monoisotopic (exact) mass is 470 g/mol. The number of carbonyl (C=O) groups is 1. The van der Waals surface area contributed by atoms with Gasteiger partial charge >= 0.3 is 0 Å². The second-order valence-electron chi connectivity index (χ2n) is 8.31. The molecule has 0 aliphatic carbocycles. The van der Waals surface area contributed by atoms with Gasteiger partial charge in [0.1, 0.15) is 12.1 Å². The van der Waals surface area contributed by atoms with Crippen molar-refractivity contribution in [2.24, 2.45) is 0 Å². The lowest BCUT2D eigenvalue weighted by Gasteiger charge is -2.11. The van der Waals surface area contributed by atoms with E-state index in [0.717, 1.165) is 33.0 Å². The lowest BCUT2D eigenvalue weighted by atomic mass is 10.1. The van der Waals surface area contributed by atoms with Crippen molar-refractivity contribution in [3.63, 3.8) is 0 Å². The van der Waals surface area contributed by atoms with Crippen LogP contribution < -0.4 is 10.9 Å². The summed E-state index contributed by atoms with van der Waals surface area (Å²) in [6, 6.07) is 23.3. The van der Waals surface area contributed by atoms with Gasteiger partial charge in [-0.25, -0.2) is 4.68 Å². The normalized spacial score (nSPS) is 11.2. The molecule has 2 aromatic heterocycles. The molecular weight excluding hydrogens is 448 g/mol. The topological polar surface area (TPSA) is 68.9 Å². The smallest absolute Gasteiger partial charge is 0.291 e. The standard InChI is InChI=1S/C27H23ClN4O2/c1-18-7-2-3-9-20(18)16-31-24-12-5-4-11-22(24)23-15-30-32(27(34)26(23)31)17-25(33)29-14-19-8-6-10-21(28)13-19/h2-13,15H,14,16-17H2,1H3,(H,29,33). The lowest BCUT2D eigenvalue weighted by Crippen LogP contribution is -2.33. The first-order valence-corrected chi connectivity index (χ1v) is 11.4. The van der Waals surface area contributed by atoms with Gasteiger partial charge in [-0.15, -0.1) is 0 Å². The highest BCUT2D eigenvalue weighted by molar-refractivity contribution is 6.30. The van der Waals surface area contributed by atoms with E-state index in [4.69, 9.17) is 11.6 Å². The van der Waals surface area contributed by atoms with E-state index in [2.05, 4.69) is 29.5 Å². The van der Waals surface area contributed by atoms with Gasteiger partial charge in [-0.2, -0.15) is 5.10 Å². The Hall–Kier alpha value is -3.90. The third-order valence-electron chi connectivity index (χ3n) is 6.04. The van der Waals surface area contributed by atoms with E-state index in [1.54, 1.807) is 18.3 Å². The number of amides is 1. The summed E-state index contributed by atoms with van der Waals surface area (Å²) in [5, 5.41) is 9.50. The van der Waals surface area contributed by atoms with Crippen LogP contribution in [-0.4, -0.2) is 20.3 Å². The fraction of sp³-hybridized carbons (Fsp3) is 0.148. The van der Waals surface area contributed by atoms with Crippen LogP contribution in [0.5, 0.6) is 0 Å². The number of hydrogen-bond donors (Lipinski definition) is 1. The van der Waals surface area contributed by atoms with Crippen LogP contribution in [0.2, 0.25) is 5.02 Å². The molecule has 3 aromatic carbocycles. The predicted molar refractivity (Wildman–Crippen MR) is 135 cm³/mol. The Kier molecular flexibility index (Phi) is 5.90. The molecule has 5 aromatic rings. The maximum absolute atomic E-state index is 13.5. The first-order chi connectivity index (χ1) is 16.5. The molecule has 5 rings (SSSR count). The second kappa shape index (κ2) is 9.15. The quantitative estimate of drug-likeness (QED) is 0.392. The summed E-state index contributed by atoms with van der Waals surface area (Å²) >= 11 is 6.01. The molecule has 1 N–H and O–H groups in total. The van der Waals surface area contributed by atoms with Gasteiger partial charge in [0, 0.05) is 34.4 Å². The molecule has 0 fully saturated rings. The van der Waals surface area contributed by atoms with E-state index < -0.39 is 0 Å². The molecule has 0 saturated heterocycles. The van der Waals surface area contributed by atoms with Gasteiger partial charge in [0.05, 0.1) is 6.20 Å². The molecule has 170 valence electrons. The number of carbonyl (C=O) groups excluding carboxylic acids is 1. The summed E-state index contributed by atoms with van der Waals surface area (Å²) in [6.07, 6.45) is 1.68. The van der Waals surface area contributed by atoms with Crippen molar-refractivity contribution in [3.05, 3.63) is 111 Å². The van der Waals surface area contributed by atoms with Crippen molar-refractivity contribution in [2.75, 3.05) is 0 Å². The fourth-order valence-corrected chi connectivity index (χ4v) is 4.48. The maximum Gasteiger partial charge on any atom is 0.291 e. The molecule has 0 aliphatic heterocycles. The van der Waals surface area contributed by atoms with Crippen LogP contribution in [0, 0.1) is 6.92 Å². The van der Waals surface area contributed by atoms with Gasteiger partial charge in [-0.3, -0.25) is 9.59 Å². The van der Waals surface area contributed by atoms with Gasteiger partial charge in [-0.05, 0) is 41.8 Å². The number of hydrogen-bond acceptors (Lipinski definition) is 3. The zero-order valence-corrected chi connectivity index (χ0v) is 19.4. The number of nitrogens with zero attached hydrogens (tertiary/aromatic N) is 3. The summed E-state index contributed by atoms with van der Waals surface area (Å²) in [6.45, 7) is 2.77. The van der Waals surface area contributed by atoms with Crippen LogP contribution in [0.15, 0.2) is 83.8 Å². The van der Waals surface area contributed by atoms with Crippen molar-refractivity contribution < 1.29 is 4.79 Å². The summed E-state index contributed by atoms with van der Waals surface area (Å²) in [4.78, 5) is 26.1. The third-order valence-corrected chi connectivity index (χ3v) is 6.27. The Morgan fingerprint density at radius 2 is 1.79 bits per heavy atom. The van der Waals surface area contributed by atoms with Crippen molar-refractivity contribution in [1.82, 2.24) is 19.7 Å². The zero-order chi connectivity index (χ0) is 23.7. The van der Waals surface area contributed by atoms with Gasteiger partial charge in [0.15, 0.2) is 0 Å². The molecule has 0 radical (unpaired) electrons. The molecule has 0 saturated carbocycles. The SMILES string of the molecule is Cc1ccccc1Cn1c2ccccc2c2cnn(CC(=O)NCc3cccc(Cl)c3)c(=O)c21. The molecule has 0 aliphatic rings. The van der Waals surface area contributed by atoms with E-state index in [-0.39, 0.29) is 18.0 Å². The van der Waals surface area contributed by atoms with Crippen LogP contribution in [-0.2, 0) is 24.4 Å². The van der Waals surface area contributed by atoms with Crippen molar-refractivity contribution in [3.8, 4) is 0 Å². The second-order valence-corrected chi connectivity index (χ2v) is 8.74. The van der Waals surface area contributed by atoms with E-state index in [1.165, 1.54) is 4.68 Å². The average Bonchev–Trinajstić information content (AvgIpc) is 3.15. The highest BCUT2D eigenvalue weighted by Gasteiger charge is 2.17. The minimum atomic E-state index is -0.296. The molecule has 0 spiro atoms. The minimum absolute atomic E-state index is 0.165. The Labute approximate surface area is 201 Å². The predicted octanol–water partition coefficient (Wildman–Crippen LogP) is 4.68. The molecule has 0 unspecified atom stereocenters. The Bertz CT molecular complexity index is 1590. The van der Waals surface area contributed by atoms with E-state index in [9.17, 15) is 9.59 Å². The van der Waals surface area contributed by atoms with Gasteiger partial charge in [0.25, 0.3) is 5.56 Å². The third kappa shape index (κ3) is 4.20. The molecule has 1 amide bonds. The summed E-state index contributed by atoms with van der Waals surface area (Å²) in [5.74, 6) is -0.296. The number of benzene rings is 3. The van der Waals surface area contributed by atoms with Crippen molar-refractivity contribution >= 4 is 39.3 Å². The number of rotatable bonds is 6. The highest BCUT2D eigenvalue weighted by Crippen LogP contribution is 2.27. The van der Waals surface area contributed by atoms with Gasteiger partial charge < -0.3 is 9.88 Å². The molecule has 2 heterocycles. The maximum atomic E-state index is 13.5. The van der Waals surface area contributed by atoms with Crippen LogP contribution in [0.4, 0.5) is 0 Å². The number of fused-ring (bicyclic) bond motifs is 3. The Balaban J connectivity index is 1.50. The summed E-state index contributed by atoms with van der Waals surface area (Å²) < 4.78 is 3.25.